The summed E-state index contributed by atoms with van der Waals surface area (Å²) in [5.41, 5.74) is 4.98. The highest BCUT2D eigenvalue weighted by Crippen LogP contribution is 2.42. The highest BCUT2D eigenvalue weighted by atomic mass is 19.1. The molecule has 4 aromatic rings. The number of nitrogens with zero attached hydrogens (tertiary/aromatic N) is 6. The summed E-state index contributed by atoms with van der Waals surface area (Å²) in [4.78, 5) is 18.8. The zero-order chi connectivity index (χ0) is 24.3. The van der Waals surface area contributed by atoms with E-state index in [4.69, 9.17) is 14.7 Å². The Morgan fingerprint density at radius 3 is 2.51 bits per heavy atom. The molecule has 0 bridgehead atoms. The van der Waals surface area contributed by atoms with Gasteiger partial charge in [-0.15, -0.1) is 0 Å². The van der Waals surface area contributed by atoms with E-state index in [9.17, 15) is 8.78 Å². The van der Waals surface area contributed by atoms with Crippen molar-refractivity contribution in [1.29, 1.82) is 0 Å². The maximum atomic E-state index is 14.8. The van der Waals surface area contributed by atoms with Crippen LogP contribution in [0.25, 0.3) is 22.4 Å². The number of halogens is 2. The molecule has 0 unspecified atom stereocenters. The highest BCUT2D eigenvalue weighted by Gasteiger charge is 2.33. The number of hydrogen-bond acceptors (Lipinski definition) is 6. The molecule has 0 N–H and O–H groups in total. The quantitative estimate of drug-likeness (QED) is 0.401. The fraction of sp³-hybridized carbons (Fsp3) is 0.423. The second-order valence-electron chi connectivity index (χ2n) is 9.59. The second kappa shape index (κ2) is 8.41. The Morgan fingerprint density at radius 1 is 0.943 bits per heavy atom. The third-order valence-electron chi connectivity index (χ3n) is 7.06. The molecule has 1 aliphatic carbocycles. The topological polar surface area (TPSA) is 78.6 Å². The SMILES string of the molecule is Cc1nc2nc([C@H]3CCO[C@H](c4cc(C5CC5)nn4C)C3)nc(-c3ccc(F)cc3F)c2nc1C. The van der Waals surface area contributed by atoms with Gasteiger partial charge < -0.3 is 4.74 Å². The van der Waals surface area contributed by atoms with E-state index in [-0.39, 0.29) is 17.6 Å². The van der Waals surface area contributed by atoms with Gasteiger partial charge in [-0.1, -0.05) is 0 Å². The molecule has 1 saturated heterocycles. The van der Waals surface area contributed by atoms with Crippen LogP contribution in [0.5, 0.6) is 0 Å². The molecule has 3 aromatic heterocycles. The Bertz CT molecular complexity index is 1450. The number of ether oxygens (including phenoxy) is 1. The molecular formula is C26H26F2N6O. The summed E-state index contributed by atoms with van der Waals surface area (Å²) < 4.78 is 36.5. The van der Waals surface area contributed by atoms with E-state index in [1.807, 2.05) is 25.6 Å². The fourth-order valence-corrected chi connectivity index (χ4v) is 4.80. The normalized spacial score (nSPS) is 20.5. The fourth-order valence-electron chi connectivity index (χ4n) is 4.80. The number of benzene rings is 1. The van der Waals surface area contributed by atoms with Crippen LogP contribution in [0.2, 0.25) is 0 Å². The first-order valence-corrected chi connectivity index (χ1v) is 12.0. The summed E-state index contributed by atoms with van der Waals surface area (Å²) in [6, 6.07) is 5.64. The molecule has 0 radical (unpaired) electrons. The molecule has 1 saturated carbocycles. The lowest BCUT2D eigenvalue weighted by atomic mass is 9.92. The van der Waals surface area contributed by atoms with Crippen molar-refractivity contribution in [2.45, 2.75) is 57.5 Å². The Morgan fingerprint density at radius 2 is 1.74 bits per heavy atom. The van der Waals surface area contributed by atoms with Crippen molar-refractivity contribution in [1.82, 2.24) is 29.7 Å². The molecule has 1 aliphatic heterocycles. The maximum absolute atomic E-state index is 14.8. The van der Waals surface area contributed by atoms with Crippen molar-refractivity contribution in [3.63, 3.8) is 0 Å². The van der Waals surface area contributed by atoms with Crippen molar-refractivity contribution in [3.05, 3.63) is 64.5 Å². The van der Waals surface area contributed by atoms with E-state index < -0.39 is 11.6 Å². The average molecular weight is 477 g/mol. The van der Waals surface area contributed by atoms with Crippen molar-refractivity contribution in [3.8, 4) is 11.3 Å². The van der Waals surface area contributed by atoms with Gasteiger partial charge >= 0.3 is 0 Å². The van der Waals surface area contributed by atoms with Crippen LogP contribution in [0, 0.1) is 25.5 Å². The second-order valence-corrected chi connectivity index (χ2v) is 9.59. The number of fused-ring (bicyclic) bond motifs is 1. The molecule has 2 fully saturated rings. The average Bonchev–Trinajstić information content (AvgIpc) is 3.61. The first-order valence-electron chi connectivity index (χ1n) is 12.0. The first kappa shape index (κ1) is 22.2. The lowest BCUT2D eigenvalue weighted by molar-refractivity contribution is -0.000640. The maximum Gasteiger partial charge on any atom is 0.182 e. The summed E-state index contributed by atoms with van der Waals surface area (Å²) in [5.74, 6) is -0.202. The molecule has 2 aliphatic rings. The predicted octanol–water partition coefficient (Wildman–Crippen LogP) is 5.23. The van der Waals surface area contributed by atoms with Crippen LogP contribution in [-0.2, 0) is 11.8 Å². The zero-order valence-corrected chi connectivity index (χ0v) is 19.9. The van der Waals surface area contributed by atoms with Crippen LogP contribution in [0.1, 0.15) is 72.2 Å². The van der Waals surface area contributed by atoms with Crippen LogP contribution < -0.4 is 0 Å². The van der Waals surface area contributed by atoms with Gasteiger partial charge in [-0.05, 0) is 57.7 Å². The molecule has 180 valence electrons. The van der Waals surface area contributed by atoms with Gasteiger partial charge in [-0.25, -0.2) is 28.7 Å². The van der Waals surface area contributed by atoms with Crippen LogP contribution in [0.15, 0.2) is 24.3 Å². The highest BCUT2D eigenvalue weighted by molar-refractivity contribution is 5.87. The molecule has 1 aromatic carbocycles. The largest absolute Gasteiger partial charge is 0.372 e. The molecule has 9 heteroatoms. The summed E-state index contributed by atoms with van der Waals surface area (Å²) in [7, 11) is 1.96. The smallest absolute Gasteiger partial charge is 0.182 e. The van der Waals surface area contributed by atoms with Gasteiger partial charge in [0.1, 0.15) is 28.7 Å². The molecule has 6 rings (SSSR count). The van der Waals surface area contributed by atoms with E-state index in [0.29, 0.717) is 47.3 Å². The lowest BCUT2D eigenvalue weighted by Crippen LogP contribution is -2.22. The molecule has 35 heavy (non-hydrogen) atoms. The van der Waals surface area contributed by atoms with Crippen LogP contribution >= 0.6 is 0 Å². The van der Waals surface area contributed by atoms with Gasteiger partial charge in [0, 0.05) is 37.1 Å². The van der Waals surface area contributed by atoms with Crippen LogP contribution in [0.4, 0.5) is 8.78 Å². The summed E-state index contributed by atoms with van der Waals surface area (Å²) in [6.07, 6.45) is 3.67. The standard InChI is InChI=1S/C26H26F2N6O/c1-13-14(2)30-26-24(29-13)23(18-7-6-17(27)11-19(18)28)31-25(32-26)16-8-9-35-22(10-16)21-12-20(15-4-5-15)33-34(21)3/h6-7,11-12,15-16,22H,4-5,8-10H2,1-3H3/t16-,22-/m0/s1. The van der Waals surface area contributed by atoms with E-state index in [1.54, 1.807) is 0 Å². The van der Waals surface area contributed by atoms with Gasteiger partial charge in [0.2, 0.25) is 0 Å². The minimum absolute atomic E-state index is 0.0110. The van der Waals surface area contributed by atoms with E-state index in [0.717, 1.165) is 29.6 Å². The summed E-state index contributed by atoms with van der Waals surface area (Å²) in [5, 5.41) is 4.69. The number of rotatable bonds is 4. The number of aryl methyl sites for hydroxylation is 3. The van der Waals surface area contributed by atoms with E-state index in [1.165, 1.54) is 25.0 Å². The van der Waals surface area contributed by atoms with Gasteiger partial charge in [-0.2, -0.15) is 5.10 Å². The monoisotopic (exact) mass is 476 g/mol. The number of aromatic nitrogens is 6. The molecule has 7 nitrogen and oxygen atoms in total. The Balaban J connectivity index is 1.42. The van der Waals surface area contributed by atoms with Crippen molar-refractivity contribution < 1.29 is 13.5 Å². The lowest BCUT2D eigenvalue weighted by Gasteiger charge is -2.29. The third kappa shape index (κ3) is 4.07. The molecule has 0 amide bonds. The Kier molecular flexibility index (Phi) is 5.32. The first-order chi connectivity index (χ1) is 16.9. The van der Waals surface area contributed by atoms with Crippen molar-refractivity contribution in [2.24, 2.45) is 7.05 Å². The minimum Gasteiger partial charge on any atom is -0.372 e. The van der Waals surface area contributed by atoms with Gasteiger partial charge in [0.25, 0.3) is 0 Å². The van der Waals surface area contributed by atoms with Crippen LogP contribution in [-0.4, -0.2) is 36.3 Å². The minimum atomic E-state index is -0.691. The summed E-state index contributed by atoms with van der Waals surface area (Å²) >= 11 is 0. The third-order valence-corrected chi connectivity index (χ3v) is 7.06. The van der Waals surface area contributed by atoms with E-state index in [2.05, 4.69) is 21.1 Å². The van der Waals surface area contributed by atoms with Crippen molar-refractivity contribution >= 4 is 11.2 Å². The van der Waals surface area contributed by atoms with Crippen LogP contribution in [0.3, 0.4) is 0 Å². The van der Waals surface area contributed by atoms with Gasteiger partial charge in [0.05, 0.1) is 28.9 Å². The molecule has 0 spiro atoms. The Hall–Kier alpha value is -3.33. The Labute approximate surface area is 201 Å². The molecule has 2 atom stereocenters. The predicted molar refractivity (Wildman–Crippen MR) is 126 cm³/mol. The van der Waals surface area contributed by atoms with Crippen molar-refractivity contribution in [2.75, 3.05) is 6.61 Å². The number of hydrogen-bond donors (Lipinski definition) is 0. The summed E-state index contributed by atoms with van der Waals surface area (Å²) in [6.45, 7) is 4.26. The zero-order valence-electron chi connectivity index (χ0n) is 19.9. The van der Waals surface area contributed by atoms with Gasteiger partial charge in [-0.3, -0.25) is 4.68 Å². The van der Waals surface area contributed by atoms with Gasteiger partial charge in [0.15, 0.2) is 5.65 Å². The molecular weight excluding hydrogens is 450 g/mol. The molecule has 4 heterocycles. The van der Waals surface area contributed by atoms with E-state index >= 15 is 0 Å².